The number of amides is 1. The van der Waals surface area contributed by atoms with Crippen LogP contribution in [0.1, 0.15) is 61.9 Å². The molecule has 2 aromatic rings. The van der Waals surface area contributed by atoms with Gasteiger partial charge in [-0.15, -0.1) is 0 Å². The normalized spacial score (nSPS) is 14.4. The van der Waals surface area contributed by atoms with Gasteiger partial charge in [0, 0.05) is 18.0 Å². The SMILES string of the molecule is Cc1ccc(NC(=O)CC(C)CCC(O)O)cc1.Cc1n[nH]nc1C1CC1. The second kappa shape index (κ2) is 10.2. The molecule has 0 aliphatic heterocycles. The van der Waals surface area contributed by atoms with Crippen LogP contribution in [0.5, 0.6) is 0 Å². The van der Waals surface area contributed by atoms with Crippen molar-refractivity contribution in [3.8, 4) is 0 Å². The number of hydrogen-bond donors (Lipinski definition) is 4. The molecule has 7 heteroatoms. The van der Waals surface area contributed by atoms with E-state index in [1.54, 1.807) is 0 Å². The molecule has 1 aromatic heterocycles. The predicted molar refractivity (Wildman–Crippen MR) is 104 cm³/mol. The number of hydrogen-bond acceptors (Lipinski definition) is 5. The zero-order valence-electron chi connectivity index (χ0n) is 16.3. The van der Waals surface area contributed by atoms with Gasteiger partial charge in [-0.05, 0) is 57.6 Å². The van der Waals surface area contributed by atoms with Crippen molar-refractivity contribution in [1.29, 1.82) is 0 Å². The van der Waals surface area contributed by atoms with E-state index in [2.05, 4.69) is 20.7 Å². The molecule has 1 unspecified atom stereocenters. The van der Waals surface area contributed by atoms with Crippen molar-refractivity contribution >= 4 is 11.6 Å². The van der Waals surface area contributed by atoms with E-state index in [1.165, 1.54) is 18.5 Å². The highest BCUT2D eigenvalue weighted by molar-refractivity contribution is 5.90. The fourth-order valence-corrected chi connectivity index (χ4v) is 2.74. The fourth-order valence-electron chi connectivity index (χ4n) is 2.74. The number of H-pyrrole nitrogens is 1. The minimum Gasteiger partial charge on any atom is -0.368 e. The number of aromatic nitrogens is 3. The van der Waals surface area contributed by atoms with Gasteiger partial charge in [-0.2, -0.15) is 15.4 Å². The van der Waals surface area contributed by atoms with Crippen LogP contribution in [0, 0.1) is 19.8 Å². The van der Waals surface area contributed by atoms with Gasteiger partial charge in [-0.1, -0.05) is 24.6 Å². The lowest BCUT2D eigenvalue weighted by molar-refractivity contribution is -0.117. The van der Waals surface area contributed by atoms with Crippen molar-refractivity contribution in [3.05, 3.63) is 41.2 Å². The number of aryl methyl sites for hydroxylation is 2. The van der Waals surface area contributed by atoms with Crippen LogP contribution >= 0.6 is 0 Å². The number of carbonyl (C=O) groups is 1. The molecule has 148 valence electrons. The van der Waals surface area contributed by atoms with Crippen molar-refractivity contribution in [2.45, 2.75) is 65.1 Å². The van der Waals surface area contributed by atoms with E-state index in [-0.39, 0.29) is 11.8 Å². The van der Waals surface area contributed by atoms with Crippen molar-refractivity contribution in [3.63, 3.8) is 0 Å². The minimum absolute atomic E-state index is 0.0428. The summed E-state index contributed by atoms with van der Waals surface area (Å²) in [6.45, 7) is 5.92. The monoisotopic (exact) mass is 374 g/mol. The molecule has 1 saturated carbocycles. The highest BCUT2D eigenvalue weighted by atomic mass is 16.5. The molecule has 27 heavy (non-hydrogen) atoms. The first-order valence-electron chi connectivity index (χ1n) is 9.45. The van der Waals surface area contributed by atoms with Crippen LogP contribution in [0.2, 0.25) is 0 Å². The lowest BCUT2D eigenvalue weighted by atomic mass is 10.0. The van der Waals surface area contributed by atoms with Gasteiger partial charge in [-0.3, -0.25) is 4.79 Å². The number of benzene rings is 1. The van der Waals surface area contributed by atoms with Gasteiger partial charge in [-0.25, -0.2) is 0 Å². The van der Waals surface area contributed by atoms with Gasteiger partial charge < -0.3 is 15.5 Å². The Bertz CT molecular complexity index is 708. The van der Waals surface area contributed by atoms with E-state index in [1.807, 2.05) is 45.0 Å². The summed E-state index contributed by atoms with van der Waals surface area (Å²) in [6.07, 6.45) is 2.63. The molecule has 1 heterocycles. The zero-order chi connectivity index (χ0) is 19.8. The molecular formula is C20H30N4O3. The van der Waals surface area contributed by atoms with E-state index in [4.69, 9.17) is 10.2 Å². The molecule has 1 atom stereocenters. The van der Waals surface area contributed by atoms with Crippen LogP contribution in [-0.2, 0) is 4.79 Å². The molecule has 1 aromatic carbocycles. The second-order valence-electron chi connectivity index (χ2n) is 7.35. The van der Waals surface area contributed by atoms with Gasteiger partial charge >= 0.3 is 0 Å². The van der Waals surface area contributed by atoms with Crippen molar-refractivity contribution in [1.82, 2.24) is 15.4 Å². The van der Waals surface area contributed by atoms with E-state index in [9.17, 15) is 4.79 Å². The molecule has 0 radical (unpaired) electrons. The molecule has 0 saturated heterocycles. The van der Waals surface area contributed by atoms with E-state index >= 15 is 0 Å². The largest absolute Gasteiger partial charge is 0.368 e. The molecule has 1 aliphatic carbocycles. The third-order valence-corrected chi connectivity index (χ3v) is 4.51. The van der Waals surface area contributed by atoms with Crippen molar-refractivity contribution in [2.75, 3.05) is 5.32 Å². The smallest absolute Gasteiger partial charge is 0.224 e. The topological polar surface area (TPSA) is 111 Å². The number of rotatable bonds is 7. The average Bonchev–Trinajstić information content (AvgIpc) is 3.37. The van der Waals surface area contributed by atoms with Gasteiger partial charge in [0.1, 0.15) is 0 Å². The van der Waals surface area contributed by atoms with Crippen LogP contribution in [0.15, 0.2) is 24.3 Å². The summed E-state index contributed by atoms with van der Waals surface area (Å²) in [5, 5.41) is 30.9. The van der Waals surface area contributed by atoms with Crippen LogP contribution < -0.4 is 5.32 Å². The molecule has 3 rings (SSSR count). The maximum absolute atomic E-state index is 11.7. The first-order valence-corrected chi connectivity index (χ1v) is 9.45. The standard InChI is InChI=1S/C14H21NO3.C6H9N3/c1-10-3-6-12(7-4-10)15-13(16)9-11(2)5-8-14(17)18;1-4-6(5-2-3-5)8-9-7-4/h3-4,6-7,11,14,17-18H,5,8-9H2,1-2H3,(H,15,16);5H,2-3H2,1H3,(H,7,8,9). The van der Waals surface area contributed by atoms with Crippen molar-refractivity contribution in [2.24, 2.45) is 5.92 Å². The van der Waals surface area contributed by atoms with Crippen molar-refractivity contribution < 1.29 is 15.0 Å². The Balaban J connectivity index is 0.000000239. The third-order valence-electron chi connectivity index (χ3n) is 4.51. The first-order chi connectivity index (χ1) is 12.8. The summed E-state index contributed by atoms with van der Waals surface area (Å²) in [5.41, 5.74) is 4.19. The first kappa shape index (κ1) is 21.1. The Hall–Kier alpha value is -2.25. The number of anilines is 1. The summed E-state index contributed by atoms with van der Waals surface area (Å²) in [7, 11) is 0. The number of aliphatic hydroxyl groups is 2. The number of aliphatic hydroxyl groups excluding tert-OH is 1. The highest BCUT2D eigenvalue weighted by Gasteiger charge is 2.27. The Morgan fingerprint density at radius 3 is 2.37 bits per heavy atom. The van der Waals surface area contributed by atoms with Gasteiger partial charge in [0.25, 0.3) is 0 Å². The Morgan fingerprint density at radius 2 is 1.85 bits per heavy atom. The number of carbonyl (C=O) groups excluding carboxylic acids is 1. The van der Waals surface area contributed by atoms with Gasteiger partial charge in [0.15, 0.2) is 6.29 Å². The zero-order valence-corrected chi connectivity index (χ0v) is 16.3. The summed E-state index contributed by atoms with van der Waals surface area (Å²) in [6, 6.07) is 7.63. The average molecular weight is 374 g/mol. The summed E-state index contributed by atoms with van der Waals surface area (Å²) < 4.78 is 0. The molecule has 4 N–H and O–H groups in total. The van der Waals surface area contributed by atoms with Crippen LogP contribution in [0.25, 0.3) is 0 Å². The third kappa shape index (κ3) is 7.88. The summed E-state index contributed by atoms with van der Waals surface area (Å²) in [4.78, 5) is 11.7. The maximum atomic E-state index is 11.7. The van der Waals surface area contributed by atoms with Crippen LogP contribution in [0.3, 0.4) is 0 Å². The Kier molecular flexibility index (Phi) is 7.94. The van der Waals surface area contributed by atoms with Crippen LogP contribution in [-0.4, -0.2) is 37.8 Å². The second-order valence-corrected chi connectivity index (χ2v) is 7.35. The lowest BCUT2D eigenvalue weighted by Crippen LogP contribution is -2.16. The summed E-state index contributed by atoms with van der Waals surface area (Å²) in [5.74, 6) is 0.819. The Morgan fingerprint density at radius 1 is 1.19 bits per heavy atom. The molecule has 1 amide bonds. The van der Waals surface area contributed by atoms with E-state index in [0.29, 0.717) is 19.3 Å². The quantitative estimate of drug-likeness (QED) is 0.557. The maximum Gasteiger partial charge on any atom is 0.224 e. The minimum atomic E-state index is -1.28. The van der Waals surface area contributed by atoms with Gasteiger partial charge in [0.05, 0.1) is 11.4 Å². The molecule has 1 fully saturated rings. The number of aromatic amines is 1. The molecule has 1 aliphatic rings. The van der Waals surface area contributed by atoms with Gasteiger partial charge in [0.2, 0.25) is 5.91 Å². The number of nitrogens with one attached hydrogen (secondary N) is 2. The number of nitrogens with zero attached hydrogens (tertiary/aromatic N) is 2. The lowest BCUT2D eigenvalue weighted by Gasteiger charge is -2.12. The highest BCUT2D eigenvalue weighted by Crippen LogP contribution is 2.39. The van der Waals surface area contributed by atoms with Crippen LogP contribution in [0.4, 0.5) is 5.69 Å². The predicted octanol–water partition coefficient (Wildman–Crippen LogP) is 3.04. The van der Waals surface area contributed by atoms with E-state index < -0.39 is 6.29 Å². The molecule has 7 nitrogen and oxygen atoms in total. The molecule has 0 bridgehead atoms. The fraction of sp³-hybridized carbons (Fsp3) is 0.550. The summed E-state index contributed by atoms with van der Waals surface area (Å²) >= 11 is 0. The molecular weight excluding hydrogens is 344 g/mol. The van der Waals surface area contributed by atoms with E-state index in [0.717, 1.165) is 22.9 Å². The molecule has 0 spiro atoms. The Labute approximate surface area is 160 Å².